The van der Waals surface area contributed by atoms with Gasteiger partial charge in [-0.15, -0.1) is 0 Å². The summed E-state index contributed by atoms with van der Waals surface area (Å²) in [5.74, 6) is 0. The van der Waals surface area contributed by atoms with Crippen LogP contribution in [0.1, 0.15) is 84.6 Å². The molecule has 0 atom stereocenters. The van der Waals surface area contributed by atoms with E-state index in [0.717, 1.165) is 21.9 Å². The summed E-state index contributed by atoms with van der Waals surface area (Å²) in [5.41, 5.74) is 18.3. The van der Waals surface area contributed by atoms with Gasteiger partial charge in [-0.2, -0.15) is 0 Å². The lowest BCUT2D eigenvalue weighted by atomic mass is 9.43. The lowest BCUT2D eigenvalue weighted by Gasteiger charge is -2.46. The van der Waals surface area contributed by atoms with Crippen LogP contribution >= 0.6 is 0 Å². The summed E-state index contributed by atoms with van der Waals surface area (Å²) in [7, 11) is 0. The average molecular weight is 693 g/mol. The van der Waals surface area contributed by atoms with Crippen molar-refractivity contribution in [3.05, 3.63) is 138 Å². The Morgan fingerprint density at radius 2 is 1.09 bits per heavy atom. The quantitative estimate of drug-likeness (QED) is 0.168. The van der Waals surface area contributed by atoms with Crippen molar-refractivity contribution in [2.45, 2.75) is 85.5 Å². The molecular weight excluding hydrogens is 643 g/mol. The van der Waals surface area contributed by atoms with Crippen molar-refractivity contribution in [1.29, 1.82) is 0 Å². The molecule has 4 heteroatoms. The van der Waals surface area contributed by atoms with E-state index in [9.17, 15) is 0 Å². The highest BCUT2D eigenvalue weighted by Crippen LogP contribution is 2.49. The number of anilines is 5. The van der Waals surface area contributed by atoms with Crippen LogP contribution in [0.25, 0.3) is 33.1 Å². The number of rotatable bonds is 2. The van der Waals surface area contributed by atoms with Gasteiger partial charge in [-0.3, -0.25) is 0 Å². The predicted molar refractivity (Wildman–Crippen MR) is 228 cm³/mol. The number of furan rings is 1. The Labute approximate surface area is 315 Å². The van der Waals surface area contributed by atoms with E-state index in [-0.39, 0.29) is 23.1 Å². The van der Waals surface area contributed by atoms with Crippen molar-refractivity contribution in [3.63, 3.8) is 0 Å². The zero-order chi connectivity index (χ0) is 37.2. The second-order valence-corrected chi connectivity index (χ2v) is 18.4. The van der Waals surface area contributed by atoms with Crippen LogP contribution in [0.15, 0.2) is 120 Å². The molecule has 0 fully saturated rings. The number of fused-ring (bicyclic) bond motifs is 7. The minimum absolute atomic E-state index is 0.0171. The summed E-state index contributed by atoms with van der Waals surface area (Å²) in [6.07, 6.45) is 0. The first kappa shape index (κ1) is 33.6. The van der Waals surface area contributed by atoms with Crippen molar-refractivity contribution in [2.24, 2.45) is 0 Å². The Morgan fingerprint density at radius 3 is 1.74 bits per heavy atom. The average Bonchev–Trinajstić information content (AvgIpc) is 3.47. The molecule has 0 radical (unpaired) electrons. The number of hydrogen-bond donors (Lipinski definition) is 0. The van der Waals surface area contributed by atoms with Gasteiger partial charge in [0.1, 0.15) is 11.2 Å². The first-order valence-corrected chi connectivity index (χ1v) is 19.1. The summed E-state index contributed by atoms with van der Waals surface area (Å²) >= 11 is 0. The summed E-state index contributed by atoms with van der Waals surface area (Å²) < 4.78 is 6.59. The molecule has 3 heterocycles. The van der Waals surface area contributed by atoms with E-state index in [2.05, 4.69) is 194 Å². The van der Waals surface area contributed by atoms with E-state index in [1.165, 1.54) is 72.7 Å². The largest absolute Gasteiger partial charge is 0.456 e. The van der Waals surface area contributed by atoms with Crippen LogP contribution in [0, 0.1) is 6.92 Å². The Kier molecular flexibility index (Phi) is 7.22. The Balaban J connectivity index is 1.39. The van der Waals surface area contributed by atoms with Crippen LogP contribution in [-0.4, -0.2) is 6.85 Å². The van der Waals surface area contributed by atoms with E-state index >= 15 is 0 Å². The van der Waals surface area contributed by atoms with Gasteiger partial charge in [0.25, 0.3) is 0 Å². The molecule has 2 aliphatic rings. The van der Waals surface area contributed by atoms with Gasteiger partial charge in [0.05, 0.1) is 0 Å². The molecule has 1 aromatic heterocycles. The molecule has 9 rings (SSSR count). The highest BCUT2D eigenvalue weighted by Gasteiger charge is 2.46. The lowest BCUT2D eigenvalue weighted by molar-refractivity contribution is 0.590. The van der Waals surface area contributed by atoms with Crippen molar-refractivity contribution in [1.82, 2.24) is 0 Å². The monoisotopic (exact) mass is 692 g/mol. The molecule has 0 spiro atoms. The van der Waals surface area contributed by atoms with Crippen molar-refractivity contribution >= 4 is 68.1 Å². The maximum atomic E-state index is 6.59. The van der Waals surface area contributed by atoms with Crippen LogP contribution < -0.4 is 20.6 Å². The minimum Gasteiger partial charge on any atom is -0.456 e. The van der Waals surface area contributed by atoms with Gasteiger partial charge in [-0.05, 0) is 110 Å². The first-order chi connectivity index (χ1) is 25.1. The smallest absolute Gasteiger partial charge is 0.333 e. The molecule has 2 aliphatic heterocycles. The molecule has 6 aromatic carbocycles. The van der Waals surface area contributed by atoms with Gasteiger partial charge < -0.3 is 14.1 Å². The van der Waals surface area contributed by atoms with Gasteiger partial charge >= 0.3 is 6.85 Å². The van der Waals surface area contributed by atoms with Gasteiger partial charge in [-0.25, -0.2) is 0 Å². The maximum absolute atomic E-state index is 6.59. The highest BCUT2D eigenvalue weighted by molar-refractivity contribution is 6.93. The van der Waals surface area contributed by atoms with Crippen molar-refractivity contribution < 1.29 is 4.42 Å². The van der Waals surface area contributed by atoms with E-state index in [1.54, 1.807) is 0 Å². The summed E-state index contributed by atoms with van der Waals surface area (Å²) in [6.45, 7) is 22.9. The van der Waals surface area contributed by atoms with Gasteiger partial charge in [0.15, 0.2) is 0 Å². The minimum atomic E-state index is -0.0576. The van der Waals surface area contributed by atoms with E-state index in [1.807, 2.05) is 0 Å². The fraction of sp³-hybridized carbons (Fsp3) is 0.265. The molecule has 0 amide bonds. The number of para-hydroxylation sites is 1. The number of nitrogens with zero attached hydrogens (tertiary/aromatic N) is 2. The fourth-order valence-electron chi connectivity index (χ4n) is 8.58. The number of benzene rings is 6. The molecular formula is C49H49BN2O. The Bertz CT molecular complexity index is 2570. The van der Waals surface area contributed by atoms with E-state index in [0.29, 0.717) is 0 Å². The van der Waals surface area contributed by atoms with Crippen LogP contribution in [-0.2, 0) is 16.2 Å². The standard InChI is InChI=1S/C49H49BN2O/c1-30-25-39-37-28-38-36-13-11-12-14-44(36)53-45(38)29-42(37)52(35-22-17-32(18-23-35)48(5,6)7)50-40-27-33(49(8,9)10)19-24-41(40)51(43(26-30)46(39)50)34-20-15-31(16-21-34)47(2,3)4/h11-29H,1-10H3. The lowest BCUT2D eigenvalue weighted by Crippen LogP contribution is -2.61. The molecule has 3 nitrogen and oxygen atoms in total. The van der Waals surface area contributed by atoms with Crippen LogP contribution in [0.3, 0.4) is 0 Å². The molecule has 7 aromatic rings. The zero-order valence-corrected chi connectivity index (χ0v) is 32.8. The maximum Gasteiger partial charge on any atom is 0.333 e. The molecule has 53 heavy (non-hydrogen) atoms. The second kappa shape index (κ2) is 11.4. The van der Waals surface area contributed by atoms with Crippen LogP contribution in [0.2, 0.25) is 0 Å². The van der Waals surface area contributed by atoms with Crippen molar-refractivity contribution in [3.8, 4) is 11.1 Å². The normalized spacial score (nSPS) is 14.1. The zero-order valence-electron chi connectivity index (χ0n) is 32.8. The summed E-state index contributed by atoms with van der Waals surface area (Å²) in [4.78, 5) is 5.12. The van der Waals surface area contributed by atoms with Crippen LogP contribution in [0.5, 0.6) is 0 Å². The van der Waals surface area contributed by atoms with Crippen LogP contribution in [0.4, 0.5) is 28.4 Å². The summed E-state index contributed by atoms with van der Waals surface area (Å²) in [5, 5.41) is 2.30. The Hall–Kier alpha value is -5.22. The van der Waals surface area contributed by atoms with E-state index in [4.69, 9.17) is 4.42 Å². The molecule has 0 unspecified atom stereocenters. The molecule has 0 saturated carbocycles. The van der Waals surface area contributed by atoms with E-state index < -0.39 is 0 Å². The van der Waals surface area contributed by atoms with Gasteiger partial charge in [0.2, 0.25) is 0 Å². The third-order valence-electron chi connectivity index (χ3n) is 11.6. The predicted octanol–water partition coefficient (Wildman–Crippen LogP) is 12.5. The summed E-state index contributed by atoms with van der Waals surface area (Å²) in [6, 6.07) is 43.7. The first-order valence-electron chi connectivity index (χ1n) is 19.1. The number of aryl methyl sites for hydroxylation is 1. The topological polar surface area (TPSA) is 19.6 Å². The second-order valence-electron chi connectivity index (χ2n) is 18.4. The van der Waals surface area contributed by atoms with Gasteiger partial charge in [-0.1, -0.05) is 123 Å². The number of hydrogen-bond acceptors (Lipinski definition) is 3. The molecule has 0 saturated heterocycles. The molecule has 264 valence electrons. The third kappa shape index (κ3) is 5.32. The fourth-order valence-corrected chi connectivity index (χ4v) is 8.58. The third-order valence-corrected chi connectivity index (χ3v) is 11.6. The SMILES string of the molecule is Cc1cc2c3c(c1)N(c1ccc(C(C)(C)C)cc1)c1ccc(C(C)(C)C)cc1B3N(c1ccc(C(C)(C)C)cc1)c1cc3oc4ccccc4c3cc1-2. The molecule has 0 bridgehead atoms. The molecule has 0 N–H and O–H groups in total. The van der Waals surface area contributed by atoms with Gasteiger partial charge in [0, 0.05) is 50.8 Å². The highest BCUT2D eigenvalue weighted by atomic mass is 16.3. The Morgan fingerprint density at radius 1 is 0.491 bits per heavy atom. The van der Waals surface area contributed by atoms with Crippen molar-refractivity contribution in [2.75, 3.05) is 9.71 Å². The molecule has 0 aliphatic carbocycles.